The number of likely N-dealkylation sites (N-methyl/N-ethyl adjacent to an activating group) is 1. The van der Waals surface area contributed by atoms with Crippen molar-refractivity contribution in [1.29, 1.82) is 0 Å². The van der Waals surface area contributed by atoms with Crippen LogP contribution in [0.2, 0.25) is 0 Å². The Morgan fingerprint density at radius 2 is 1.67 bits per heavy atom. The van der Waals surface area contributed by atoms with E-state index in [9.17, 15) is 5.11 Å². The second kappa shape index (κ2) is 7.49. The number of aliphatic hydroxyl groups is 1. The third kappa shape index (κ3) is 4.24. The molecule has 0 heterocycles. The van der Waals surface area contributed by atoms with Gasteiger partial charge in [0.25, 0.3) is 0 Å². The first-order chi connectivity index (χ1) is 8.52. The molecule has 18 heavy (non-hydrogen) atoms. The van der Waals surface area contributed by atoms with Crippen molar-refractivity contribution in [3.8, 4) is 0 Å². The van der Waals surface area contributed by atoms with Gasteiger partial charge in [-0.25, -0.2) is 0 Å². The van der Waals surface area contributed by atoms with Gasteiger partial charge in [-0.15, -0.1) is 0 Å². The summed E-state index contributed by atoms with van der Waals surface area (Å²) in [5.74, 6) is 0.876. The maximum atomic E-state index is 10.5. The summed E-state index contributed by atoms with van der Waals surface area (Å²) in [7, 11) is 0. The molecule has 1 rings (SSSR count). The van der Waals surface area contributed by atoms with Crippen LogP contribution in [0.25, 0.3) is 0 Å². The molecule has 0 amide bonds. The summed E-state index contributed by atoms with van der Waals surface area (Å²) in [6, 6.07) is 0. The van der Waals surface area contributed by atoms with Crippen molar-refractivity contribution < 1.29 is 5.11 Å². The summed E-state index contributed by atoms with van der Waals surface area (Å²) in [4.78, 5) is 2.37. The number of aliphatic hydroxyl groups excluding tert-OH is 1. The van der Waals surface area contributed by atoms with Gasteiger partial charge >= 0.3 is 0 Å². The molecule has 0 radical (unpaired) electrons. The highest BCUT2D eigenvalue weighted by Crippen LogP contribution is 2.30. The summed E-state index contributed by atoms with van der Waals surface area (Å²) in [5, 5.41) is 10.5. The predicted molar refractivity (Wildman–Crippen MR) is 78.8 cm³/mol. The lowest BCUT2D eigenvalue weighted by atomic mass is 9.83. The second-order valence-corrected chi connectivity index (χ2v) is 6.42. The van der Waals surface area contributed by atoms with E-state index in [1.807, 2.05) is 0 Å². The molecule has 1 N–H and O–H groups in total. The highest BCUT2D eigenvalue weighted by molar-refractivity contribution is 4.88. The number of hydrogen-bond acceptors (Lipinski definition) is 2. The summed E-state index contributed by atoms with van der Waals surface area (Å²) >= 11 is 0. The predicted octanol–water partition coefficient (Wildman–Crippen LogP) is 3.83. The molecule has 0 bridgehead atoms. The van der Waals surface area contributed by atoms with Crippen molar-refractivity contribution in [2.75, 3.05) is 13.1 Å². The highest BCUT2D eigenvalue weighted by Gasteiger charge is 2.32. The topological polar surface area (TPSA) is 23.5 Å². The molecule has 1 saturated carbocycles. The lowest BCUT2D eigenvalue weighted by Crippen LogP contribution is -2.52. The van der Waals surface area contributed by atoms with Gasteiger partial charge in [0, 0.05) is 5.54 Å². The fourth-order valence-electron chi connectivity index (χ4n) is 3.47. The van der Waals surface area contributed by atoms with Gasteiger partial charge in [0.2, 0.25) is 0 Å². The third-order valence-corrected chi connectivity index (χ3v) is 4.97. The Morgan fingerprint density at radius 1 is 1.11 bits per heavy atom. The number of rotatable bonds is 7. The van der Waals surface area contributed by atoms with E-state index < -0.39 is 0 Å². The molecule has 0 aromatic rings. The Hall–Kier alpha value is -0.0800. The van der Waals surface area contributed by atoms with Crippen LogP contribution < -0.4 is 0 Å². The van der Waals surface area contributed by atoms with Crippen LogP contribution in [-0.2, 0) is 0 Å². The zero-order valence-electron chi connectivity index (χ0n) is 12.9. The van der Waals surface area contributed by atoms with Crippen molar-refractivity contribution in [1.82, 2.24) is 4.90 Å². The molecule has 1 aliphatic rings. The maximum Gasteiger partial charge on any atom is 0.0718 e. The zero-order chi connectivity index (χ0) is 13.6. The highest BCUT2D eigenvalue weighted by atomic mass is 16.3. The van der Waals surface area contributed by atoms with E-state index in [1.54, 1.807) is 0 Å². The van der Waals surface area contributed by atoms with Gasteiger partial charge in [-0.2, -0.15) is 0 Å². The van der Waals surface area contributed by atoms with Crippen LogP contribution in [0, 0.1) is 5.92 Å². The van der Waals surface area contributed by atoms with E-state index in [0.717, 1.165) is 25.4 Å². The third-order valence-electron chi connectivity index (χ3n) is 4.97. The minimum absolute atomic E-state index is 0.0852. The van der Waals surface area contributed by atoms with E-state index in [4.69, 9.17) is 0 Å². The van der Waals surface area contributed by atoms with Crippen LogP contribution in [0.3, 0.4) is 0 Å². The standard InChI is InChI=1S/C16H33NO/c1-5-17(6-2)16(3,4)15(18)13-12-14-10-8-7-9-11-14/h14-15,18H,5-13H2,1-4H3. The van der Waals surface area contributed by atoms with Gasteiger partial charge < -0.3 is 5.11 Å². The molecule has 0 aromatic heterocycles. The van der Waals surface area contributed by atoms with Gasteiger partial charge in [0.15, 0.2) is 0 Å². The molecule has 2 nitrogen and oxygen atoms in total. The van der Waals surface area contributed by atoms with Gasteiger partial charge in [0.05, 0.1) is 6.10 Å². The number of nitrogens with zero attached hydrogens (tertiary/aromatic N) is 1. The minimum atomic E-state index is -0.195. The fourth-order valence-corrected chi connectivity index (χ4v) is 3.47. The molecule has 0 aliphatic heterocycles. The van der Waals surface area contributed by atoms with Crippen molar-refractivity contribution >= 4 is 0 Å². The van der Waals surface area contributed by atoms with Gasteiger partial charge in [0.1, 0.15) is 0 Å². The lowest BCUT2D eigenvalue weighted by molar-refractivity contribution is -0.0129. The Morgan fingerprint density at radius 3 is 2.17 bits per heavy atom. The molecular formula is C16H33NO. The first kappa shape index (κ1) is 16.0. The molecule has 0 saturated heterocycles. The van der Waals surface area contributed by atoms with Crippen LogP contribution in [0.15, 0.2) is 0 Å². The van der Waals surface area contributed by atoms with Crippen LogP contribution in [0.4, 0.5) is 0 Å². The summed E-state index contributed by atoms with van der Waals surface area (Å²) in [5.41, 5.74) is -0.0852. The van der Waals surface area contributed by atoms with E-state index in [1.165, 1.54) is 38.5 Å². The average molecular weight is 255 g/mol. The molecule has 1 atom stereocenters. The lowest BCUT2D eigenvalue weighted by Gasteiger charge is -2.41. The second-order valence-electron chi connectivity index (χ2n) is 6.42. The molecular weight excluding hydrogens is 222 g/mol. The molecule has 1 unspecified atom stereocenters. The van der Waals surface area contributed by atoms with Crippen molar-refractivity contribution in [2.24, 2.45) is 5.92 Å². The molecule has 2 heteroatoms. The molecule has 1 aliphatic carbocycles. The van der Waals surface area contributed by atoms with Gasteiger partial charge in [-0.1, -0.05) is 46.0 Å². The fraction of sp³-hybridized carbons (Fsp3) is 1.00. The largest absolute Gasteiger partial charge is 0.391 e. The zero-order valence-corrected chi connectivity index (χ0v) is 12.9. The van der Waals surface area contributed by atoms with Gasteiger partial charge in [-0.05, 0) is 45.7 Å². The Bertz CT molecular complexity index is 217. The summed E-state index contributed by atoms with van der Waals surface area (Å²) < 4.78 is 0. The number of hydrogen-bond donors (Lipinski definition) is 1. The Kier molecular flexibility index (Phi) is 6.65. The van der Waals surface area contributed by atoms with Crippen LogP contribution in [0.1, 0.15) is 72.6 Å². The molecule has 0 spiro atoms. The Balaban J connectivity index is 2.40. The summed E-state index contributed by atoms with van der Waals surface area (Å²) in [6.07, 6.45) is 8.99. The molecule has 108 valence electrons. The van der Waals surface area contributed by atoms with E-state index in [0.29, 0.717) is 0 Å². The van der Waals surface area contributed by atoms with E-state index >= 15 is 0 Å². The van der Waals surface area contributed by atoms with Crippen molar-refractivity contribution in [3.63, 3.8) is 0 Å². The Labute approximate surface area is 114 Å². The quantitative estimate of drug-likeness (QED) is 0.747. The van der Waals surface area contributed by atoms with E-state index in [2.05, 4.69) is 32.6 Å². The first-order valence-electron chi connectivity index (χ1n) is 7.95. The van der Waals surface area contributed by atoms with Crippen LogP contribution >= 0.6 is 0 Å². The first-order valence-corrected chi connectivity index (χ1v) is 7.95. The summed E-state index contributed by atoms with van der Waals surface area (Å²) in [6.45, 7) is 10.8. The van der Waals surface area contributed by atoms with Crippen LogP contribution in [0.5, 0.6) is 0 Å². The van der Waals surface area contributed by atoms with E-state index in [-0.39, 0.29) is 11.6 Å². The smallest absolute Gasteiger partial charge is 0.0718 e. The minimum Gasteiger partial charge on any atom is -0.391 e. The van der Waals surface area contributed by atoms with Crippen LogP contribution in [-0.4, -0.2) is 34.7 Å². The molecule has 0 aromatic carbocycles. The average Bonchev–Trinajstić information content (AvgIpc) is 2.38. The van der Waals surface area contributed by atoms with Crippen molar-refractivity contribution in [2.45, 2.75) is 84.3 Å². The monoisotopic (exact) mass is 255 g/mol. The van der Waals surface area contributed by atoms with Crippen molar-refractivity contribution in [3.05, 3.63) is 0 Å². The SMILES string of the molecule is CCN(CC)C(C)(C)C(O)CCC1CCCCC1. The maximum absolute atomic E-state index is 10.5. The normalized spacial score (nSPS) is 20.3. The molecule has 1 fully saturated rings. The van der Waals surface area contributed by atoms with Gasteiger partial charge in [-0.3, -0.25) is 4.90 Å².